The number of amides is 2. The van der Waals surface area contributed by atoms with Crippen molar-refractivity contribution in [3.05, 3.63) is 23.8 Å². The Balaban J connectivity index is 1.60. The van der Waals surface area contributed by atoms with Crippen LogP contribution < -0.4 is 5.32 Å². The average Bonchev–Trinajstić information content (AvgIpc) is 3.38. The van der Waals surface area contributed by atoms with E-state index >= 15 is 0 Å². The minimum atomic E-state index is -1.46. The number of hydrogen-bond donors (Lipinski definition) is 4. The van der Waals surface area contributed by atoms with Crippen LogP contribution in [0.1, 0.15) is 72.3 Å². The molecule has 1 aliphatic heterocycles. The van der Waals surface area contributed by atoms with Crippen molar-refractivity contribution in [1.82, 2.24) is 10.2 Å². The first kappa shape index (κ1) is 27.8. The van der Waals surface area contributed by atoms with Gasteiger partial charge in [-0.15, -0.1) is 0 Å². The monoisotopic (exact) mass is 504 g/mol. The van der Waals surface area contributed by atoms with Gasteiger partial charge in [-0.25, -0.2) is 4.79 Å². The fraction of sp³-hybridized carbons (Fsp3) is 0.667. The van der Waals surface area contributed by atoms with Crippen molar-refractivity contribution < 1.29 is 34.4 Å². The summed E-state index contributed by atoms with van der Waals surface area (Å²) >= 11 is 0. The van der Waals surface area contributed by atoms with Crippen LogP contribution in [0.3, 0.4) is 0 Å². The molecule has 2 amide bonds. The van der Waals surface area contributed by atoms with Crippen LogP contribution >= 0.6 is 0 Å². The molecule has 9 nitrogen and oxygen atoms in total. The number of esters is 1. The molecule has 3 rings (SSSR count). The van der Waals surface area contributed by atoms with Gasteiger partial charge in [0.1, 0.15) is 23.8 Å². The number of nitrogens with zero attached hydrogens (tertiary/aromatic N) is 1. The van der Waals surface area contributed by atoms with Crippen molar-refractivity contribution in [1.29, 1.82) is 0 Å². The largest absolute Gasteiger partial charge is 0.504 e. The molecule has 36 heavy (non-hydrogen) atoms. The lowest BCUT2D eigenvalue weighted by Crippen LogP contribution is -2.54. The predicted molar refractivity (Wildman–Crippen MR) is 133 cm³/mol. The van der Waals surface area contributed by atoms with E-state index < -0.39 is 41.6 Å². The van der Waals surface area contributed by atoms with Gasteiger partial charge in [0.05, 0.1) is 0 Å². The maximum atomic E-state index is 13.2. The van der Waals surface area contributed by atoms with Gasteiger partial charge in [-0.3, -0.25) is 9.59 Å². The van der Waals surface area contributed by atoms with Gasteiger partial charge in [-0.1, -0.05) is 33.3 Å². The number of nitrogens with one attached hydrogen (secondary N) is 1. The van der Waals surface area contributed by atoms with Gasteiger partial charge in [0, 0.05) is 18.4 Å². The van der Waals surface area contributed by atoms with Gasteiger partial charge < -0.3 is 30.3 Å². The van der Waals surface area contributed by atoms with E-state index in [0.29, 0.717) is 30.9 Å². The molecule has 2 unspecified atom stereocenters. The molecule has 1 saturated carbocycles. The van der Waals surface area contributed by atoms with Crippen LogP contribution in [-0.4, -0.2) is 68.3 Å². The van der Waals surface area contributed by atoms with E-state index in [0.717, 1.165) is 19.3 Å². The number of aliphatic hydroxyl groups excluding tert-OH is 1. The molecule has 5 atom stereocenters. The van der Waals surface area contributed by atoms with E-state index in [1.807, 2.05) is 6.92 Å². The minimum absolute atomic E-state index is 0.105. The number of ether oxygens (including phenoxy) is 1. The third kappa shape index (κ3) is 5.45. The Morgan fingerprint density at radius 1 is 1.17 bits per heavy atom. The second-order valence-electron chi connectivity index (χ2n) is 11.0. The van der Waals surface area contributed by atoms with Gasteiger partial charge in [-0.2, -0.15) is 0 Å². The molecule has 1 aliphatic carbocycles. The molecule has 200 valence electrons. The van der Waals surface area contributed by atoms with E-state index in [-0.39, 0.29) is 23.3 Å². The van der Waals surface area contributed by atoms with Crippen LogP contribution in [0.2, 0.25) is 0 Å². The Kier molecular flexibility index (Phi) is 8.23. The van der Waals surface area contributed by atoms with Crippen molar-refractivity contribution in [3.8, 4) is 11.5 Å². The minimum Gasteiger partial charge on any atom is -0.504 e. The summed E-state index contributed by atoms with van der Waals surface area (Å²) in [6.07, 6.45) is 2.41. The molecule has 2 fully saturated rings. The van der Waals surface area contributed by atoms with E-state index in [1.54, 1.807) is 0 Å². The van der Waals surface area contributed by atoms with E-state index in [4.69, 9.17) is 4.74 Å². The lowest BCUT2D eigenvalue weighted by atomic mass is 9.72. The first-order valence-corrected chi connectivity index (χ1v) is 12.8. The number of phenolic OH excluding ortho intramolecular Hbond substituents is 2. The fourth-order valence-electron chi connectivity index (χ4n) is 5.66. The van der Waals surface area contributed by atoms with Crippen molar-refractivity contribution in [2.75, 3.05) is 6.54 Å². The van der Waals surface area contributed by atoms with E-state index in [1.165, 1.54) is 30.0 Å². The van der Waals surface area contributed by atoms with Crippen molar-refractivity contribution >= 4 is 17.8 Å². The molecule has 9 heteroatoms. The van der Waals surface area contributed by atoms with Crippen LogP contribution in [0.15, 0.2) is 18.2 Å². The Labute approximate surface area is 212 Å². The zero-order chi connectivity index (χ0) is 26.8. The molecule has 1 saturated heterocycles. The molecule has 0 bridgehead atoms. The van der Waals surface area contributed by atoms with Gasteiger partial charge in [-0.05, 0) is 63.1 Å². The standard InChI is InChI=1S/C27H40N2O7/c1-6-18-11-12-27(5,26(18,3)4)36-25(35)19-8-7-13-29(19)24(34)16(2)28-23(33)22(32)15-17-9-10-20(30)21(31)14-17/h9-10,14,16,18-19,22,30-32H,6-8,11-13,15H2,1-5H3,(H,28,33)/t16-,18?,19-,22+,27?/m0/s1. The number of hydrogen-bond acceptors (Lipinski definition) is 7. The first-order valence-electron chi connectivity index (χ1n) is 12.8. The quantitative estimate of drug-likeness (QED) is 0.316. The average molecular weight is 505 g/mol. The highest BCUT2D eigenvalue weighted by Gasteiger charge is 2.54. The normalized spacial score (nSPS) is 26.9. The van der Waals surface area contributed by atoms with Crippen LogP contribution in [0.5, 0.6) is 11.5 Å². The van der Waals surface area contributed by atoms with Gasteiger partial charge >= 0.3 is 5.97 Å². The van der Waals surface area contributed by atoms with Gasteiger partial charge in [0.2, 0.25) is 11.8 Å². The summed E-state index contributed by atoms with van der Waals surface area (Å²) in [5.74, 6) is -1.74. The summed E-state index contributed by atoms with van der Waals surface area (Å²) in [6, 6.07) is 2.36. The highest BCUT2D eigenvalue weighted by atomic mass is 16.6. The summed E-state index contributed by atoms with van der Waals surface area (Å²) < 4.78 is 6.10. The number of phenols is 2. The SMILES string of the molecule is CCC1CCC(C)(OC(=O)[C@@H]2CCCN2C(=O)[C@H](C)NC(=O)[C@H](O)Cc2ccc(O)c(O)c2)C1(C)C. The lowest BCUT2D eigenvalue weighted by Gasteiger charge is -2.42. The number of aromatic hydroxyl groups is 2. The fourth-order valence-corrected chi connectivity index (χ4v) is 5.66. The molecular formula is C27H40N2O7. The first-order chi connectivity index (χ1) is 16.8. The van der Waals surface area contributed by atoms with Gasteiger partial charge in [0.15, 0.2) is 11.5 Å². The highest BCUT2D eigenvalue weighted by Crippen LogP contribution is 2.53. The highest BCUT2D eigenvalue weighted by molar-refractivity contribution is 5.92. The lowest BCUT2D eigenvalue weighted by molar-refractivity contribution is -0.176. The molecular weight excluding hydrogens is 464 g/mol. The second kappa shape index (κ2) is 10.7. The molecule has 2 aliphatic rings. The third-order valence-electron chi connectivity index (χ3n) is 8.48. The molecule has 0 aromatic heterocycles. The zero-order valence-electron chi connectivity index (χ0n) is 21.9. The van der Waals surface area contributed by atoms with Crippen molar-refractivity contribution in [2.24, 2.45) is 11.3 Å². The summed E-state index contributed by atoms with van der Waals surface area (Å²) in [5.41, 5.74) is -0.325. The smallest absolute Gasteiger partial charge is 0.329 e. The Morgan fingerprint density at radius 2 is 1.86 bits per heavy atom. The Morgan fingerprint density at radius 3 is 2.47 bits per heavy atom. The molecule has 1 aromatic rings. The van der Waals surface area contributed by atoms with E-state index in [9.17, 15) is 29.7 Å². The third-order valence-corrected chi connectivity index (χ3v) is 8.48. The summed E-state index contributed by atoms with van der Waals surface area (Å²) in [5, 5.41) is 31.8. The van der Waals surface area contributed by atoms with Gasteiger partial charge in [0.25, 0.3) is 0 Å². The Bertz CT molecular complexity index is 994. The second-order valence-corrected chi connectivity index (χ2v) is 11.0. The number of likely N-dealkylation sites (tertiary alicyclic amines) is 1. The van der Waals surface area contributed by atoms with Crippen LogP contribution in [-0.2, 0) is 25.5 Å². The predicted octanol–water partition coefficient (Wildman–Crippen LogP) is 2.65. The molecule has 1 heterocycles. The van der Waals surface area contributed by atoms with Crippen molar-refractivity contribution in [3.63, 3.8) is 0 Å². The maximum absolute atomic E-state index is 13.2. The summed E-state index contributed by atoms with van der Waals surface area (Å²) in [4.78, 5) is 40.4. The summed E-state index contributed by atoms with van der Waals surface area (Å²) in [7, 11) is 0. The number of rotatable bonds is 8. The van der Waals surface area contributed by atoms with Crippen LogP contribution in [0, 0.1) is 11.3 Å². The Hall–Kier alpha value is -2.81. The van der Waals surface area contributed by atoms with Crippen LogP contribution in [0.25, 0.3) is 0 Å². The van der Waals surface area contributed by atoms with Crippen LogP contribution in [0.4, 0.5) is 0 Å². The number of carbonyl (C=O) groups excluding carboxylic acids is 3. The zero-order valence-corrected chi connectivity index (χ0v) is 21.9. The summed E-state index contributed by atoms with van der Waals surface area (Å²) in [6.45, 7) is 10.3. The molecule has 0 spiro atoms. The molecule has 0 radical (unpaired) electrons. The molecule has 1 aromatic carbocycles. The van der Waals surface area contributed by atoms with Crippen molar-refractivity contribution in [2.45, 2.75) is 96.9 Å². The number of aliphatic hydroxyl groups is 1. The topological polar surface area (TPSA) is 136 Å². The molecule has 4 N–H and O–H groups in total. The van der Waals surface area contributed by atoms with E-state index in [2.05, 4.69) is 26.1 Å². The number of carbonyl (C=O) groups is 3. The number of benzene rings is 1. The maximum Gasteiger partial charge on any atom is 0.329 e.